The average molecular weight is 272 g/mol. The molecule has 0 aliphatic heterocycles. The highest BCUT2D eigenvalue weighted by Crippen LogP contribution is 2.27. The fourth-order valence-corrected chi connectivity index (χ4v) is 1.38. The number of hydrogen-bond acceptors (Lipinski definition) is 3. The number of carboxylic acids is 1. The summed E-state index contributed by atoms with van der Waals surface area (Å²) in [7, 11) is 0. The SMILES string of the molecule is CC(CC(=O)N[C@H](CCC(N)=O)C(=O)O)C(C)(C)C. The summed E-state index contributed by atoms with van der Waals surface area (Å²) in [6.07, 6.45) is 0.205. The number of carboxylic acid groups (broad SMARTS) is 1. The average Bonchev–Trinajstić information content (AvgIpc) is 2.21. The van der Waals surface area contributed by atoms with Crippen LogP contribution >= 0.6 is 0 Å². The third-order valence-electron chi connectivity index (χ3n) is 3.28. The van der Waals surface area contributed by atoms with Gasteiger partial charge in [0.2, 0.25) is 11.8 Å². The normalized spacial score (nSPS) is 14.5. The zero-order valence-corrected chi connectivity index (χ0v) is 12.0. The first-order valence-electron chi connectivity index (χ1n) is 6.34. The molecule has 2 atom stereocenters. The molecule has 110 valence electrons. The Morgan fingerprint density at radius 3 is 2.16 bits per heavy atom. The van der Waals surface area contributed by atoms with E-state index in [-0.39, 0.29) is 36.5 Å². The summed E-state index contributed by atoms with van der Waals surface area (Å²) < 4.78 is 0. The van der Waals surface area contributed by atoms with Crippen LogP contribution < -0.4 is 11.1 Å². The van der Waals surface area contributed by atoms with Gasteiger partial charge in [0.15, 0.2) is 0 Å². The Bertz CT molecular complexity index is 347. The number of carbonyl (C=O) groups is 3. The Balaban J connectivity index is 4.40. The van der Waals surface area contributed by atoms with Crippen molar-refractivity contribution in [2.75, 3.05) is 0 Å². The van der Waals surface area contributed by atoms with Crippen LogP contribution in [-0.2, 0) is 14.4 Å². The van der Waals surface area contributed by atoms with Gasteiger partial charge in [0.05, 0.1) is 0 Å². The van der Waals surface area contributed by atoms with E-state index in [9.17, 15) is 14.4 Å². The van der Waals surface area contributed by atoms with Crippen molar-refractivity contribution in [2.24, 2.45) is 17.1 Å². The predicted molar refractivity (Wildman–Crippen MR) is 71.2 cm³/mol. The van der Waals surface area contributed by atoms with Crippen molar-refractivity contribution >= 4 is 17.8 Å². The Morgan fingerprint density at radius 1 is 1.26 bits per heavy atom. The molecule has 0 rings (SSSR count). The number of rotatable bonds is 7. The highest BCUT2D eigenvalue weighted by molar-refractivity contribution is 5.84. The lowest BCUT2D eigenvalue weighted by molar-refractivity contribution is -0.142. The maximum absolute atomic E-state index is 11.8. The molecule has 0 aliphatic rings. The maximum atomic E-state index is 11.8. The van der Waals surface area contributed by atoms with Gasteiger partial charge in [-0.05, 0) is 17.8 Å². The van der Waals surface area contributed by atoms with E-state index in [2.05, 4.69) is 5.32 Å². The summed E-state index contributed by atoms with van der Waals surface area (Å²) in [6, 6.07) is -1.06. The van der Waals surface area contributed by atoms with E-state index in [4.69, 9.17) is 10.8 Å². The summed E-state index contributed by atoms with van der Waals surface area (Å²) in [6.45, 7) is 8.00. The fourth-order valence-electron chi connectivity index (χ4n) is 1.38. The van der Waals surface area contributed by atoms with E-state index in [1.807, 2.05) is 27.7 Å². The van der Waals surface area contributed by atoms with Crippen molar-refractivity contribution in [3.05, 3.63) is 0 Å². The van der Waals surface area contributed by atoms with Gasteiger partial charge < -0.3 is 16.2 Å². The second kappa shape index (κ2) is 7.11. The van der Waals surface area contributed by atoms with Crippen LogP contribution in [-0.4, -0.2) is 28.9 Å². The topological polar surface area (TPSA) is 109 Å². The second-order valence-corrected chi connectivity index (χ2v) is 5.93. The lowest BCUT2D eigenvalue weighted by Gasteiger charge is -2.27. The van der Waals surface area contributed by atoms with Gasteiger partial charge in [-0.1, -0.05) is 27.7 Å². The molecular weight excluding hydrogens is 248 g/mol. The molecule has 19 heavy (non-hydrogen) atoms. The molecule has 0 heterocycles. The molecule has 2 amide bonds. The Hall–Kier alpha value is -1.59. The molecule has 0 radical (unpaired) electrons. The van der Waals surface area contributed by atoms with E-state index in [0.29, 0.717) is 0 Å². The highest BCUT2D eigenvalue weighted by Gasteiger charge is 2.25. The number of primary amides is 1. The van der Waals surface area contributed by atoms with Crippen molar-refractivity contribution in [1.82, 2.24) is 5.32 Å². The van der Waals surface area contributed by atoms with Gasteiger partial charge >= 0.3 is 5.97 Å². The predicted octanol–water partition coefficient (Wildman–Crippen LogP) is 0.894. The minimum absolute atomic E-state index is 0.0142. The molecule has 0 saturated carbocycles. The third-order valence-corrected chi connectivity index (χ3v) is 3.28. The van der Waals surface area contributed by atoms with Crippen LogP contribution in [0.5, 0.6) is 0 Å². The molecular formula is C13H24N2O4. The maximum Gasteiger partial charge on any atom is 0.326 e. The van der Waals surface area contributed by atoms with Crippen molar-refractivity contribution in [2.45, 2.75) is 53.0 Å². The number of amides is 2. The smallest absolute Gasteiger partial charge is 0.326 e. The van der Waals surface area contributed by atoms with Gasteiger partial charge in [-0.2, -0.15) is 0 Å². The fraction of sp³-hybridized carbons (Fsp3) is 0.769. The molecule has 0 aliphatic carbocycles. The first kappa shape index (κ1) is 17.4. The quantitative estimate of drug-likeness (QED) is 0.639. The van der Waals surface area contributed by atoms with Gasteiger partial charge in [-0.3, -0.25) is 9.59 Å². The van der Waals surface area contributed by atoms with Crippen molar-refractivity contribution in [1.29, 1.82) is 0 Å². The molecule has 4 N–H and O–H groups in total. The lowest BCUT2D eigenvalue weighted by Crippen LogP contribution is -2.42. The minimum Gasteiger partial charge on any atom is -0.480 e. The second-order valence-electron chi connectivity index (χ2n) is 5.93. The van der Waals surface area contributed by atoms with E-state index in [0.717, 1.165) is 0 Å². The molecule has 0 aromatic rings. The van der Waals surface area contributed by atoms with Crippen LogP contribution in [0.15, 0.2) is 0 Å². The largest absolute Gasteiger partial charge is 0.480 e. The number of nitrogens with one attached hydrogen (secondary N) is 1. The Morgan fingerprint density at radius 2 is 1.79 bits per heavy atom. The summed E-state index contributed by atoms with van der Waals surface area (Å²) in [5.74, 6) is -1.93. The van der Waals surface area contributed by atoms with Crippen LogP contribution in [0.4, 0.5) is 0 Å². The van der Waals surface area contributed by atoms with Crippen LogP contribution in [0.3, 0.4) is 0 Å². The monoisotopic (exact) mass is 272 g/mol. The molecule has 0 aromatic heterocycles. The highest BCUT2D eigenvalue weighted by atomic mass is 16.4. The van der Waals surface area contributed by atoms with E-state index < -0.39 is 17.9 Å². The standard InChI is InChI=1S/C13H24N2O4/c1-8(13(2,3)4)7-11(17)15-9(12(18)19)5-6-10(14)16/h8-9H,5-7H2,1-4H3,(H2,14,16)(H,15,17)(H,18,19)/t8?,9-/m1/s1. The van der Waals surface area contributed by atoms with Crippen molar-refractivity contribution in [3.63, 3.8) is 0 Å². The van der Waals surface area contributed by atoms with Gasteiger partial charge in [0, 0.05) is 12.8 Å². The first-order valence-corrected chi connectivity index (χ1v) is 6.34. The molecule has 6 heteroatoms. The van der Waals surface area contributed by atoms with Crippen molar-refractivity contribution in [3.8, 4) is 0 Å². The number of aliphatic carboxylic acids is 1. The zero-order chi connectivity index (χ0) is 15.2. The van der Waals surface area contributed by atoms with E-state index >= 15 is 0 Å². The summed E-state index contributed by atoms with van der Waals surface area (Å²) in [5, 5.41) is 11.4. The van der Waals surface area contributed by atoms with Gasteiger partial charge in [0.25, 0.3) is 0 Å². The Kier molecular flexibility index (Phi) is 6.52. The minimum atomic E-state index is -1.15. The molecule has 1 unspecified atom stereocenters. The third kappa shape index (κ3) is 7.43. The molecule has 6 nitrogen and oxygen atoms in total. The van der Waals surface area contributed by atoms with Gasteiger partial charge in [-0.25, -0.2) is 4.79 Å². The molecule has 0 saturated heterocycles. The number of hydrogen-bond donors (Lipinski definition) is 3. The van der Waals surface area contributed by atoms with Gasteiger partial charge in [0.1, 0.15) is 6.04 Å². The molecule has 0 spiro atoms. The molecule has 0 fully saturated rings. The molecule has 0 bridgehead atoms. The van der Waals surface area contributed by atoms with E-state index in [1.165, 1.54) is 0 Å². The van der Waals surface area contributed by atoms with Crippen LogP contribution in [0.25, 0.3) is 0 Å². The number of nitrogens with two attached hydrogens (primary N) is 1. The van der Waals surface area contributed by atoms with Crippen LogP contribution in [0.2, 0.25) is 0 Å². The molecule has 0 aromatic carbocycles. The summed E-state index contributed by atoms with van der Waals surface area (Å²) in [4.78, 5) is 33.4. The Labute approximate surface area is 113 Å². The summed E-state index contributed by atoms with van der Waals surface area (Å²) in [5.41, 5.74) is 4.94. The lowest BCUT2D eigenvalue weighted by atomic mass is 9.80. The van der Waals surface area contributed by atoms with Crippen molar-refractivity contribution < 1.29 is 19.5 Å². The van der Waals surface area contributed by atoms with Crippen LogP contribution in [0.1, 0.15) is 47.0 Å². The van der Waals surface area contributed by atoms with Gasteiger partial charge in [-0.15, -0.1) is 0 Å². The number of carbonyl (C=O) groups excluding carboxylic acids is 2. The summed E-state index contributed by atoms with van der Waals surface area (Å²) >= 11 is 0. The van der Waals surface area contributed by atoms with E-state index in [1.54, 1.807) is 0 Å². The first-order chi connectivity index (χ1) is 8.54. The zero-order valence-electron chi connectivity index (χ0n) is 12.0. The van der Waals surface area contributed by atoms with Crippen LogP contribution in [0, 0.1) is 11.3 Å².